The molecule has 6 nitrogen and oxygen atoms in total. The summed E-state index contributed by atoms with van der Waals surface area (Å²) in [6.45, 7) is 7.84. The van der Waals surface area contributed by atoms with Crippen molar-refractivity contribution in [2.45, 2.75) is 47.0 Å². The number of carboxylic acid groups (broad SMARTS) is 1. The van der Waals surface area contributed by atoms with Gasteiger partial charge in [-0.15, -0.1) is 0 Å². The van der Waals surface area contributed by atoms with Gasteiger partial charge in [0.25, 0.3) is 0 Å². The monoisotopic (exact) mass is 286 g/mol. The molecule has 2 amide bonds. The summed E-state index contributed by atoms with van der Waals surface area (Å²) in [6, 6.07) is 0. The lowest BCUT2D eigenvalue weighted by Crippen LogP contribution is -2.36. The summed E-state index contributed by atoms with van der Waals surface area (Å²) in [5.74, 6) is -1.67. The van der Waals surface area contributed by atoms with Gasteiger partial charge in [-0.2, -0.15) is 0 Å². The van der Waals surface area contributed by atoms with E-state index in [1.807, 2.05) is 20.8 Å². The lowest BCUT2D eigenvalue weighted by atomic mass is 9.96. The minimum Gasteiger partial charge on any atom is -0.481 e. The van der Waals surface area contributed by atoms with Crippen molar-refractivity contribution >= 4 is 17.8 Å². The van der Waals surface area contributed by atoms with Gasteiger partial charge in [0.05, 0.1) is 5.92 Å². The Labute approximate surface area is 120 Å². The van der Waals surface area contributed by atoms with Crippen LogP contribution in [-0.4, -0.2) is 36.0 Å². The number of hydrogen-bond acceptors (Lipinski definition) is 3. The lowest BCUT2D eigenvalue weighted by Gasteiger charge is -2.17. The Kier molecular flexibility index (Phi) is 7.87. The standard InChI is InChI=1S/C14H26N2O4/c1-5-10(12(18)19)9-16-11(17)7-6-8-15-13(20)14(2,3)4/h10H,5-9H2,1-4H3,(H,15,20)(H,16,17)(H,18,19). The molecule has 0 aromatic heterocycles. The number of hydrogen-bond donors (Lipinski definition) is 3. The number of nitrogens with one attached hydrogen (secondary N) is 2. The van der Waals surface area contributed by atoms with Crippen LogP contribution in [-0.2, 0) is 14.4 Å². The van der Waals surface area contributed by atoms with E-state index < -0.39 is 17.3 Å². The highest BCUT2D eigenvalue weighted by atomic mass is 16.4. The van der Waals surface area contributed by atoms with Crippen molar-refractivity contribution in [3.8, 4) is 0 Å². The number of aliphatic carboxylic acids is 1. The minimum absolute atomic E-state index is 0.0465. The van der Waals surface area contributed by atoms with Crippen LogP contribution in [0.5, 0.6) is 0 Å². The highest BCUT2D eigenvalue weighted by Crippen LogP contribution is 2.12. The van der Waals surface area contributed by atoms with Gasteiger partial charge in [0.2, 0.25) is 11.8 Å². The van der Waals surface area contributed by atoms with Crippen molar-refractivity contribution in [2.24, 2.45) is 11.3 Å². The zero-order valence-electron chi connectivity index (χ0n) is 12.8. The van der Waals surface area contributed by atoms with Gasteiger partial charge in [0.1, 0.15) is 0 Å². The fourth-order valence-electron chi connectivity index (χ4n) is 1.45. The molecule has 0 saturated heterocycles. The average Bonchev–Trinajstić information content (AvgIpc) is 2.33. The molecule has 0 spiro atoms. The number of carboxylic acids is 1. The molecule has 0 aromatic rings. The zero-order chi connectivity index (χ0) is 15.8. The molecular weight excluding hydrogens is 260 g/mol. The molecule has 0 aliphatic heterocycles. The van der Waals surface area contributed by atoms with Crippen molar-refractivity contribution in [3.05, 3.63) is 0 Å². The normalized spacial score (nSPS) is 12.6. The van der Waals surface area contributed by atoms with Crippen LogP contribution in [0.1, 0.15) is 47.0 Å². The van der Waals surface area contributed by atoms with Gasteiger partial charge in [-0.3, -0.25) is 14.4 Å². The molecule has 3 N–H and O–H groups in total. The molecule has 6 heteroatoms. The van der Waals surface area contributed by atoms with Crippen molar-refractivity contribution < 1.29 is 19.5 Å². The van der Waals surface area contributed by atoms with E-state index in [1.165, 1.54) is 0 Å². The van der Waals surface area contributed by atoms with E-state index >= 15 is 0 Å². The average molecular weight is 286 g/mol. The Hall–Kier alpha value is -1.59. The van der Waals surface area contributed by atoms with Crippen molar-refractivity contribution in [1.82, 2.24) is 10.6 Å². The van der Waals surface area contributed by atoms with Crippen LogP contribution in [0.15, 0.2) is 0 Å². The van der Waals surface area contributed by atoms with Gasteiger partial charge in [-0.25, -0.2) is 0 Å². The Morgan fingerprint density at radius 3 is 2.20 bits per heavy atom. The summed E-state index contributed by atoms with van der Waals surface area (Å²) in [7, 11) is 0. The molecular formula is C14H26N2O4. The highest BCUT2D eigenvalue weighted by molar-refractivity contribution is 5.81. The molecule has 1 atom stereocenters. The van der Waals surface area contributed by atoms with E-state index in [4.69, 9.17) is 5.11 Å². The first-order chi connectivity index (χ1) is 9.18. The van der Waals surface area contributed by atoms with Crippen molar-refractivity contribution in [1.29, 1.82) is 0 Å². The van der Waals surface area contributed by atoms with E-state index in [-0.39, 0.29) is 24.8 Å². The summed E-state index contributed by atoms with van der Waals surface area (Å²) in [5, 5.41) is 14.2. The number of carbonyl (C=O) groups excluding carboxylic acids is 2. The van der Waals surface area contributed by atoms with Crippen LogP contribution < -0.4 is 10.6 Å². The Morgan fingerprint density at radius 1 is 1.15 bits per heavy atom. The second-order valence-corrected chi connectivity index (χ2v) is 5.86. The van der Waals surface area contributed by atoms with E-state index in [0.29, 0.717) is 19.4 Å². The molecule has 0 aromatic carbocycles. The van der Waals surface area contributed by atoms with Crippen molar-refractivity contribution in [2.75, 3.05) is 13.1 Å². The van der Waals surface area contributed by atoms with Gasteiger partial charge >= 0.3 is 5.97 Å². The van der Waals surface area contributed by atoms with Crippen LogP contribution in [0.25, 0.3) is 0 Å². The second-order valence-electron chi connectivity index (χ2n) is 5.86. The summed E-state index contributed by atoms with van der Waals surface area (Å²) in [5.41, 5.74) is -0.432. The first kappa shape index (κ1) is 18.4. The molecule has 0 radical (unpaired) electrons. The lowest BCUT2D eigenvalue weighted by molar-refractivity contribution is -0.141. The number of amides is 2. The molecule has 116 valence electrons. The molecule has 20 heavy (non-hydrogen) atoms. The van der Waals surface area contributed by atoms with Crippen LogP contribution in [0.3, 0.4) is 0 Å². The zero-order valence-corrected chi connectivity index (χ0v) is 12.8. The van der Waals surface area contributed by atoms with E-state index in [1.54, 1.807) is 6.92 Å². The molecule has 0 saturated carbocycles. The van der Waals surface area contributed by atoms with Gasteiger partial charge in [0.15, 0.2) is 0 Å². The van der Waals surface area contributed by atoms with Gasteiger partial charge in [0, 0.05) is 24.9 Å². The quantitative estimate of drug-likeness (QED) is 0.583. The SMILES string of the molecule is CCC(CNC(=O)CCCNC(=O)C(C)(C)C)C(=O)O. The Morgan fingerprint density at radius 2 is 1.75 bits per heavy atom. The Bertz CT molecular complexity index is 348. The van der Waals surface area contributed by atoms with Crippen LogP contribution in [0.2, 0.25) is 0 Å². The summed E-state index contributed by atoms with van der Waals surface area (Å²) in [4.78, 5) is 33.8. The largest absolute Gasteiger partial charge is 0.481 e. The maximum absolute atomic E-state index is 11.6. The van der Waals surface area contributed by atoms with Crippen LogP contribution in [0.4, 0.5) is 0 Å². The third kappa shape index (κ3) is 7.76. The van der Waals surface area contributed by atoms with Crippen LogP contribution >= 0.6 is 0 Å². The third-order valence-corrected chi connectivity index (χ3v) is 2.94. The molecule has 0 heterocycles. The predicted molar refractivity (Wildman–Crippen MR) is 76.1 cm³/mol. The van der Waals surface area contributed by atoms with Gasteiger partial charge < -0.3 is 15.7 Å². The third-order valence-electron chi connectivity index (χ3n) is 2.94. The number of rotatable bonds is 8. The van der Waals surface area contributed by atoms with Crippen molar-refractivity contribution in [3.63, 3.8) is 0 Å². The molecule has 0 fully saturated rings. The maximum Gasteiger partial charge on any atom is 0.308 e. The van der Waals surface area contributed by atoms with Gasteiger partial charge in [-0.05, 0) is 12.8 Å². The summed E-state index contributed by atoms with van der Waals surface area (Å²) >= 11 is 0. The fraction of sp³-hybridized carbons (Fsp3) is 0.786. The topological polar surface area (TPSA) is 95.5 Å². The smallest absolute Gasteiger partial charge is 0.308 e. The second kappa shape index (κ2) is 8.55. The summed E-state index contributed by atoms with van der Waals surface area (Å²) < 4.78 is 0. The first-order valence-electron chi connectivity index (χ1n) is 6.96. The molecule has 0 bridgehead atoms. The predicted octanol–water partition coefficient (Wildman–Crippen LogP) is 1.16. The maximum atomic E-state index is 11.6. The first-order valence-corrected chi connectivity index (χ1v) is 6.96. The minimum atomic E-state index is -0.898. The van der Waals surface area contributed by atoms with Crippen LogP contribution in [0, 0.1) is 11.3 Å². The van der Waals surface area contributed by atoms with E-state index in [9.17, 15) is 14.4 Å². The molecule has 0 rings (SSSR count). The highest BCUT2D eigenvalue weighted by Gasteiger charge is 2.20. The van der Waals surface area contributed by atoms with E-state index in [2.05, 4.69) is 10.6 Å². The van der Waals surface area contributed by atoms with Gasteiger partial charge in [-0.1, -0.05) is 27.7 Å². The molecule has 1 unspecified atom stereocenters. The molecule has 0 aliphatic rings. The Balaban J connectivity index is 3.80. The van der Waals surface area contributed by atoms with E-state index in [0.717, 1.165) is 0 Å². The fourth-order valence-corrected chi connectivity index (χ4v) is 1.45. The number of carbonyl (C=O) groups is 3. The molecule has 0 aliphatic carbocycles. The summed E-state index contributed by atoms with van der Waals surface area (Å²) in [6.07, 6.45) is 1.30.